The molecular formula is C16H22NP. The van der Waals surface area contributed by atoms with Gasteiger partial charge in [-0.25, -0.2) is 0 Å². The summed E-state index contributed by atoms with van der Waals surface area (Å²) in [4.78, 5) is 2.33. The van der Waals surface area contributed by atoms with E-state index in [0.29, 0.717) is 12.0 Å². The lowest BCUT2D eigenvalue weighted by atomic mass is 9.87. The van der Waals surface area contributed by atoms with Gasteiger partial charge in [0.05, 0.1) is 6.04 Å². The number of rotatable bonds is 5. The Kier molecular flexibility index (Phi) is 5.01. The Morgan fingerprint density at radius 1 is 1.22 bits per heavy atom. The largest absolute Gasteiger partial charge is 0.373 e. The van der Waals surface area contributed by atoms with E-state index in [0.717, 1.165) is 8.58 Å². The van der Waals surface area contributed by atoms with Gasteiger partial charge in [0.25, 0.3) is 0 Å². The molecule has 0 spiro atoms. The number of nitrogens with zero attached hydrogens (tertiary/aromatic N) is 1. The van der Waals surface area contributed by atoms with Crippen molar-refractivity contribution in [1.29, 1.82) is 0 Å². The second-order valence-electron chi connectivity index (χ2n) is 4.79. The van der Waals surface area contributed by atoms with Crippen molar-refractivity contribution in [3.05, 3.63) is 60.3 Å². The van der Waals surface area contributed by atoms with Gasteiger partial charge in [-0.05, 0) is 37.1 Å². The van der Waals surface area contributed by atoms with Gasteiger partial charge in [0.2, 0.25) is 0 Å². The van der Waals surface area contributed by atoms with Crippen LogP contribution in [0.3, 0.4) is 0 Å². The molecule has 0 radical (unpaired) electrons. The van der Waals surface area contributed by atoms with Crippen molar-refractivity contribution in [2.24, 2.45) is 0 Å². The Bertz CT molecular complexity index is 410. The molecule has 1 nitrogen and oxygen atoms in total. The Morgan fingerprint density at radius 2 is 2.00 bits per heavy atom. The van der Waals surface area contributed by atoms with Crippen LogP contribution in [0.5, 0.6) is 0 Å². The normalized spacial score (nSPS) is 20.8. The smallest absolute Gasteiger partial charge is 0.0536 e. The molecule has 1 aromatic carbocycles. The summed E-state index contributed by atoms with van der Waals surface area (Å²) in [5.41, 5.74) is 1.47. The lowest BCUT2D eigenvalue weighted by Crippen LogP contribution is -2.33. The Labute approximate surface area is 112 Å². The minimum Gasteiger partial charge on any atom is -0.373 e. The number of hydrogen-bond acceptors (Lipinski definition) is 1. The Hall–Kier alpha value is -1.07. The van der Waals surface area contributed by atoms with Crippen LogP contribution < -0.4 is 0 Å². The molecule has 2 rings (SSSR count). The maximum atomic E-state index is 2.33. The van der Waals surface area contributed by atoms with E-state index >= 15 is 0 Å². The molecule has 96 valence electrons. The number of likely N-dealkylation sites (N-methyl/N-ethyl adjacent to an activating group) is 1. The fraction of sp³-hybridized carbons (Fsp3) is 0.375. The first-order chi connectivity index (χ1) is 8.83. The highest BCUT2D eigenvalue weighted by molar-refractivity contribution is 7.36. The van der Waals surface area contributed by atoms with Crippen LogP contribution in [0, 0.1) is 0 Å². The first-order valence-electron chi connectivity index (χ1n) is 6.59. The monoisotopic (exact) mass is 259 g/mol. The fourth-order valence-corrected chi connectivity index (χ4v) is 3.15. The van der Waals surface area contributed by atoms with Crippen molar-refractivity contribution in [2.75, 3.05) is 19.9 Å². The Balaban J connectivity index is 2.20. The molecule has 0 aromatic heterocycles. The van der Waals surface area contributed by atoms with Gasteiger partial charge in [0.1, 0.15) is 0 Å². The van der Waals surface area contributed by atoms with Crippen molar-refractivity contribution in [1.82, 2.24) is 4.90 Å². The highest BCUT2D eigenvalue weighted by Gasteiger charge is 2.23. The minimum atomic E-state index is 0.494. The molecular weight excluding hydrogens is 237 g/mol. The fourth-order valence-electron chi connectivity index (χ4n) is 2.55. The molecule has 0 amide bonds. The molecule has 0 bridgehead atoms. The molecule has 1 aliphatic rings. The van der Waals surface area contributed by atoms with E-state index in [4.69, 9.17) is 0 Å². The van der Waals surface area contributed by atoms with Crippen molar-refractivity contribution in [3.8, 4) is 0 Å². The summed E-state index contributed by atoms with van der Waals surface area (Å²) in [6.45, 7) is 2.29. The van der Waals surface area contributed by atoms with E-state index in [1.54, 1.807) is 0 Å². The number of allylic oxidation sites excluding steroid dienone is 2. The third-order valence-electron chi connectivity index (χ3n) is 3.56. The predicted molar refractivity (Wildman–Crippen MR) is 82.7 cm³/mol. The van der Waals surface area contributed by atoms with Gasteiger partial charge in [-0.3, -0.25) is 0 Å². The van der Waals surface area contributed by atoms with Gasteiger partial charge in [-0.15, -0.1) is 8.58 Å². The van der Waals surface area contributed by atoms with Crippen LogP contribution in [0.4, 0.5) is 0 Å². The minimum absolute atomic E-state index is 0.494. The lowest BCUT2D eigenvalue weighted by Gasteiger charge is -2.34. The van der Waals surface area contributed by atoms with Crippen LogP contribution in [0.25, 0.3) is 0 Å². The molecule has 3 atom stereocenters. The van der Waals surface area contributed by atoms with E-state index in [2.05, 4.69) is 73.4 Å². The molecule has 0 aliphatic carbocycles. The van der Waals surface area contributed by atoms with Crippen molar-refractivity contribution >= 4 is 8.58 Å². The van der Waals surface area contributed by atoms with Crippen LogP contribution in [0.2, 0.25) is 0 Å². The molecule has 0 saturated heterocycles. The molecule has 18 heavy (non-hydrogen) atoms. The van der Waals surface area contributed by atoms with Gasteiger partial charge in [-0.2, -0.15) is 0 Å². The number of benzene rings is 1. The van der Waals surface area contributed by atoms with E-state index in [-0.39, 0.29) is 0 Å². The van der Waals surface area contributed by atoms with Gasteiger partial charge < -0.3 is 4.90 Å². The summed E-state index contributed by atoms with van der Waals surface area (Å²) in [6.07, 6.45) is 11.4. The zero-order valence-electron chi connectivity index (χ0n) is 11.2. The standard InChI is InChI=1S/C16H22NP/c1-17-12-7-6-10-16(17)15(11-13-18-2)14-8-4-3-5-9-14/h3-10,12,15-16,18H,11,13H2,1-2H3. The highest BCUT2D eigenvalue weighted by Crippen LogP contribution is 2.30. The average Bonchev–Trinajstić information content (AvgIpc) is 2.42. The van der Waals surface area contributed by atoms with Gasteiger partial charge >= 0.3 is 0 Å². The van der Waals surface area contributed by atoms with Crippen molar-refractivity contribution < 1.29 is 0 Å². The summed E-state index contributed by atoms with van der Waals surface area (Å²) in [5.74, 6) is 0.602. The van der Waals surface area contributed by atoms with Gasteiger partial charge in [0.15, 0.2) is 0 Å². The second-order valence-corrected chi connectivity index (χ2v) is 6.00. The van der Waals surface area contributed by atoms with Gasteiger partial charge in [-0.1, -0.05) is 42.5 Å². The maximum absolute atomic E-state index is 2.33. The van der Waals surface area contributed by atoms with Crippen molar-refractivity contribution in [3.63, 3.8) is 0 Å². The molecule has 1 heterocycles. The van der Waals surface area contributed by atoms with Crippen LogP contribution in [-0.2, 0) is 0 Å². The van der Waals surface area contributed by atoms with Gasteiger partial charge in [0, 0.05) is 13.0 Å². The molecule has 0 fully saturated rings. The molecule has 1 aliphatic heterocycles. The second kappa shape index (κ2) is 6.75. The quantitative estimate of drug-likeness (QED) is 0.726. The summed E-state index contributed by atoms with van der Waals surface area (Å²) >= 11 is 0. The van der Waals surface area contributed by atoms with E-state index < -0.39 is 0 Å². The summed E-state index contributed by atoms with van der Waals surface area (Å²) in [7, 11) is 3.22. The first-order valence-corrected chi connectivity index (χ1v) is 8.30. The zero-order valence-corrected chi connectivity index (χ0v) is 12.2. The molecule has 0 N–H and O–H groups in total. The third kappa shape index (κ3) is 3.23. The maximum Gasteiger partial charge on any atom is 0.0536 e. The lowest BCUT2D eigenvalue weighted by molar-refractivity contribution is 0.326. The van der Waals surface area contributed by atoms with Crippen molar-refractivity contribution in [2.45, 2.75) is 18.4 Å². The molecule has 0 saturated carbocycles. The van der Waals surface area contributed by atoms with Crippen LogP contribution in [0.15, 0.2) is 54.8 Å². The van der Waals surface area contributed by atoms with Crippen LogP contribution in [0.1, 0.15) is 17.9 Å². The molecule has 1 aromatic rings. The van der Waals surface area contributed by atoms with E-state index in [1.807, 2.05) is 0 Å². The summed E-state index contributed by atoms with van der Waals surface area (Å²) in [5, 5.41) is 0. The van der Waals surface area contributed by atoms with Crippen LogP contribution in [-0.4, -0.2) is 30.8 Å². The number of hydrogen-bond donors (Lipinski definition) is 0. The SMILES string of the molecule is CPCCC(c1ccccc1)C1C=CC=CN1C. The first kappa shape index (κ1) is 13.4. The molecule has 2 heteroatoms. The summed E-state index contributed by atoms with van der Waals surface area (Å²) in [6, 6.07) is 11.4. The van der Waals surface area contributed by atoms with E-state index in [9.17, 15) is 0 Å². The zero-order chi connectivity index (χ0) is 12.8. The predicted octanol–water partition coefficient (Wildman–Crippen LogP) is 3.85. The van der Waals surface area contributed by atoms with E-state index in [1.165, 1.54) is 18.1 Å². The average molecular weight is 259 g/mol. The molecule has 3 unspecified atom stereocenters. The Morgan fingerprint density at radius 3 is 2.67 bits per heavy atom. The summed E-state index contributed by atoms with van der Waals surface area (Å²) < 4.78 is 0. The third-order valence-corrected chi connectivity index (χ3v) is 4.34. The van der Waals surface area contributed by atoms with Crippen LogP contribution >= 0.6 is 8.58 Å². The highest BCUT2D eigenvalue weighted by atomic mass is 31.1. The topological polar surface area (TPSA) is 3.24 Å².